The first-order valence-electron chi connectivity index (χ1n) is 9.14. The zero-order valence-electron chi connectivity index (χ0n) is 15.6. The highest BCUT2D eigenvalue weighted by Gasteiger charge is 2.31. The van der Waals surface area contributed by atoms with E-state index in [0.29, 0.717) is 24.5 Å². The molecule has 1 aliphatic rings. The van der Waals surface area contributed by atoms with Gasteiger partial charge in [0.2, 0.25) is 5.91 Å². The van der Waals surface area contributed by atoms with Crippen molar-refractivity contribution in [2.75, 3.05) is 24.5 Å². The van der Waals surface area contributed by atoms with E-state index in [1.54, 1.807) is 4.90 Å². The third kappa shape index (κ3) is 3.75. The summed E-state index contributed by atoms with van der Waals surface area (Å²) in [6.45, 7) is 4.97. The molecule has 27 heavy (non-hydrogen) atoms. The Bertz CT molecular complexity index is 859. The predicted molar refractivity (Wildman–Crippen MR) is 107 cm³/mol. The summed E-state index contributed by atoms with van der Waals surface area (Å²) in [5.74, 6) is -0.493. The number of para-hydroxylation sites is 1. The molecular formula is C21H24N4O2. The van der Waals surface area contributed by atoms with Crippen LogP contribution in [0.5, 0.6) is 0 Å². The van der Waals surface area contributed by atoms with Gasteiger partial charge >= 0.3 is 0 Å². The Morgan fingerprint density at radius 2 is 1.70 bits per heavy atom. The number of carbonyl (C=O) groups is 2. The number of anilines is 1. The average Bonchev–Trinajstić information content (AvgIpc) is 2.80. The quantitative estimate of drug-likeness (QED) is 0.882. The van der Waals surface area contributed by atoms with Crippen molar-refractivity contribution in [3.05, 3.63) is 65.7 Å². The molecule has 0 fully saturated rings. The lowest BCUT2D eigenvalue weighted by molar-refractivity contribution is -0.131. The lowest BCUT2D eigenvalue weighted by Crippen LogP contribution is -2.48. The van der Waals surface area contributed by atoms with E-state index in [4.69, 9.17) is 5.73 Å². The van der Waals surface area contributed by atoms with E-state index in [-0.39, 0.29) is 18.4 Å². The number of nitrogens with two attached hydrogens (primary N) is 1. The second-order valence-corrected chi connectivity index (χ2v) is 6.30. The number of benzene rings is 2. The second-order valence-electron chi connectivity index (χ2n) is 6.30. The number of aliphatic imine (C=N–C) groups is 1. The molecule has 0 spiro atoms. The monoisotopic (exact) mass is 364 g/mol. The van der Waals surface area contributed by atoms with Crippen LogP contribution in [0, 0.1) is 0 Å². The molecule has 0 bridgehead atoms. The fourth-order valence-corrected chi connectivity index (χ4v) is 3.25. The molecule has 2 N–H and O–H groups in total. The number of hydrogen-bond acceptors (Lipinski definition) is 4. The van der Waals surface area contributed by atoms with Crippen molar-refractivity contribution < 1.29 is 9.59 Å². The molecule has 1 heterocycles. The number of carbonyl (C=O) groups excluding carboxylic acids is 2. The minimum absolute atomic E-state index is 0.0528. The fourth-order valence-electron chi connectivity index (χ4n) is 3.25. The summed E-state index contributed by atoms with van der Waals surface area (Å²) < 4.78 is 0. The number of fused-ring (bicyclic) bond motifs is 1. The number of hydrogen-bond donors (Lipinski definition) is 1. The van der Waals surface area contributed by atoms with Crippen LogP contribution in [0.25, 0.3) is 0 Å². The Kier molecular flexibility index (Phi) is 5.66. The van der Waals surface area contributed by atoms with E-state index in [1.165, 1.54) is 4.90 Å². The number of nitrogens with zero attached hydrogens (tertiary/aromatic N) is 3. The molecule has 6 heteroatoms. The average molecular weight is 364 g/mol. The van der Waals surface area contributed by atoms with Crippen molar-refractivity contribution >= 4 is 23.2 Å². The number of rotatable bonds is 5. The van der Waals surface area contributed by atoms with E-state index in [2.05, 4.69) is 4.99 Å². The summed E-state index contributed by atoms with van der Waals surface area (Å²) in [6.07, 6.45) is -1.06. The summed E-state index contributed by atoms with van der Waals surface area (Å²) in [7, 11) is 0. The highest BCUT2D eigenvalue weighted by molar-refractivity contribution is 6.20. The van der Waals surface area contributed by atoms with E-state index < -0.39 is 6.17 Å². The van der Waals surface area contributed by atoms with Gasteiger partial charge in [-0.05, 0) is 19.9 Å². The maximum Gasteiger partial charge on any atom is 0.266 e. The summed E-state index contributed by atoms with van der Waals surface area (Å²) >= 11 is 0. The highest BCUT2D eigenvalue weighted by atomic mass is 16.2. The zero-order valence-corrected chi connectivity index (χ0v) is 15.6. The Hall–Kier alpha value is -2.99. The molecule has 2 aromatic carbocycles. The standard InChI is InChI=1S/C21H24N4O2/c1-3-24(4-2)18(26)14-25-17-13-9-8-12-16(17)19(23-20(22)21(25)27)15-10-6-5-7-11-15/h5-13,20H,3-4,14,22H2,1-2H3. The van der Waals surface area contributed by atoms with Crippen LogP contribution in [0.4, 0.5) is 5.69 Å². The van der Waals surface area contributed by atoms with Crippen LogP contribution in [-0.4, -0.2) is 48.2 Å². The third-order valence-electron chi connectivity index (χ3n) is 4.69. The van der Waals surface area contributed by atoms with Gasteiger partial charge in [0.1, 0.15) is 6.54 Å². The Balaban J connectivity index is 2.07. The molecule has 1 aliphatic heterocycles. The van der Waals surface area contributed by atoms with Crippen molar-refractivity contribution in [3.8, 4) is 0 Å². The van der Waals surface area contributed by atoms with Gasteiger partial charge in [-0.2, -0.15) is 0 Å². The van der Waals surface area contributed by atoms with E-state index >= 15 is 0 Å². The van der Waals surface area contributed by atoms with Crippen LogP contribution >= 0.6 is 0 Å². The first-order chi connectivity index (χ1) is 13.1. The lowest BCUT2D eigenvalue weighted by Gasteiger charge is -2.27. The number of likely N-dealkylation sites (N-methyl/N-ethyl adjacent to an activating group) is 1. The van der Waals surface area contributed by atoms with E-state index in [9.17, 15) is 9.59 Å². The second kappa shape index (κ2) is 8.14. The predicted octanol–water partition coefficient (Wildman–Crippen LogP) is 2.02. The maximum absolute atomic E-state index is 12.9. The topological polar surface area (TPSA) is 79.0 Å². The lowest BCUT2D eigenvalue weighted by atomic mass is 10.0. The summed E-state index contributed by atoms with van der Waals surface area (Å²) in [4.78, 5) is 33.2. The molecule has 0 saturated carbocycles. The van der Waals surface area contributed by atoms with Gasteiger partial charge in [-0.25, -0.2) is 0 Å². The molecule has 140 valence electrons. The summed E-state index contributed by atoms with van der Waals surface area (Å²) in [5.41, 5.74) is 9.07. The fraction of sp³-hybridized carbons (Fsp3) is 0.286. The molecule has 0 saturated heterocycles. The van der Waals surface area contributed by atoms with Crippen LogP contribution in [0.1, 0.15) is 25.0 Å². The normalized spacial score (nSPS) is 16.4. The minimum Gasteiger partial charge on any atom is -0.342 e. The van der Waals surface area contributed by atoms with Crippen LogP contribution in [-0.2, 0) is 9.59 Å². The molecule has 0 radical (unpaired) electrons. The molecule has 1 atom stereocenters. The first-order valence-corrected chi connectivity index (χ1v) is 9.14. The van der Waals surface area contributed by atoms with Gasteiger partial charge in [-0.15, -0.1) is 0 Å². The first kappa shape index (κ1) is 18.8. The minimum atomic E-state index is -1.06. The van der Waals surface area contributed by atoms with E-state index in [0.717, 1.165) is 11.1 Å². The van der Waals surface area contributed by atoms with Crippen LogP contribution < -0.4 is 10.6 Å². The van der Waals surface area contributed by atoms with Crippen molar-refractivity contribution in [2.45, 2.75) is 20.0 Å². The molecule has 3 rings (SSSR count). The van der Waals surface area contributed by atoms with E-state index in [1.807, 2.05) is 68.4 Å². The van der Waals surface area contributed by atoms with Crippen molar-refractivity contribution in [3.63, 3.8) is 0 Å². The van der Waals surface area contributed by atoms with Gasteiger partial charge in [-0.1, -0.05) is 48.5 Å². The summed E-state index contributed by atoms with van der Waals surface area (Å²) in [6, 6.07) is 17.1. The number of benzodiazepines with no additional fused rings is 1. The Labute approximate surface area is 159 Å². The molecular weight excluding hydrogens is 340 g/mol. The summed E-state index contributed by atoms with van der Waals surface area (Å²) in [5, 5.41) is 0. The van der Waals surface area contributed by atoms with Crippen molar-refractivity contribution in [1.82, 2.24) is 4.90 Å². The van der Waals surface area contributed by atoms with Gasteiger partial charge in [0.25, 0.3) is 5.91 Å². The molecule has 2 amide bonds. The van der Waals surface area contributed by atoms with Crippen LogP contribution in [0.2, 0.25) is 0 Å². The molecule has 6 nitrogen and oxygen atoms in total. The molecule has 2 aromatic rings. The van der Waals surface area contributed by atoms with Gasteiger partial charge in [0, 0.05) is 24.2 Å². The molecule has 0 aliphatic carbocycles. The van der Waals surface area contributed by atoms with Gasteiger partial charge < -0.3 is 10.6 Å². The molecule has 0 aromatic heterocycles. The zero-order chi connectivity index (χ0) is 19.4. The molecule has 1 unspecified atom stereocenters. The maximum atomic E-state index is 12.9. The third-order valence-corrected chi connectivity index (χ3v) is 4.69. The largest absolute Gasteiger partial charge is 0.342 e. The van der Waals surface area contributed by atoms with Crippen LogP contribution in [0.15, 0.2) is 59.6 Å². The smallest absolute Gasteiger partial charge is 0.266 e. The highest BCUT2D eigenvalue weighted by Crippen LogP contribution is 2.27. The van der Waals surface area contributed by atoms with Gasteiger partial charge in [-0.3, -0.25) is 19.5 Å². The Morgan fingerprint density at radius 1 is 1.07 bits per heavy atom. The number of amides is 2. The van der Waals surface area contributed by atoms with Crippen LogP contribution in [0.3, 0.4) is 0 Å². The SMILES string of the molecule is CCN(CC)C(=O)CN1C(=O)C(N)N=C(c2ccccc2)c2ccccc21. The van der Waals surface area contributed by atoms with Gasteiger partial charge in [0.15, 0.2) is 6.17 Å². The van der Waals surface area contributed by atoms with Crippen molar-refractivity contribution in [1.29, 1.82) is 0 Å². The Morgan fingerprint density at radius 3 is 2.37 bits per heavy atom. The van der Waals surface area contributed by atoms with Gasteiger partial charge in [0.05, 0.1) is 11.4 Å². The van der Waals surface area contributed by atoms with Crippen molar-refractivity contribution in [2.24, 2.45) is 10.7 Å².